The van der Waals surface area contributed by atoms with Crippen LogP contribution in [0.3, 0.4) is 0 Å². The van der Waals surface area contributed by atoms with E-state index in [1.807, 2.05) is 17.8 Å². The van der Waals surface area contributed by atoms with Crippen LogP contribution in [-0.2, 0) is 11.3 Å². The largest absolute Gasteiger partial charge is 0.380 e. The van der Waals surface area contributed by atoms with Gasteiger partial charge in [0.1, 0.15) is 0 Å². The van der Waals surface area contributed by atoms with Gasteiger partial charge in [-0.05, 0) is 26.9 Å². The summed E-state index contributed by atoms with van der Waals surface area (Å²) < 4.78 is 7.38. The van der Waals surface area contributed by atoms with E-state index < -0.39 is 0 Å². The van der Waals surface area contributed by atoms with Crippen LogP contribution in [0.4, 0.5) is 5.69 Å². The third-order valence-corrected chi connectivity index (χ3v) is 3.16. The van der Waals surface area contributed by atoms with Crippen LogP contribution in [0.1, 0.15) is 27.7 Å². The van der Waals surface area contributed by atoms with E-state index in [-0.39, 0.29) is 0 Å². The Morgan fingerprint density at radius 2 is 2.11 bits per heavy atom. The monoisotopic (exact) mass is 268 g/mol. The molecule has 1 N–H and O–H groups in total. The van der Waals surface area contributed by atoms with Gasteiger partial charge in [0.2, 0.25) is 0 Å². The molecule has 0 radical (unpaired) electrons. The first-order valence-corrected chi connectivity index (χ1v) is 7.28. The number of rotatable bonds is 10. The molecule has 1 atom stereocenters. The van der Waals surface area contributed by atoms with E-state index in [2.05, 4.69) is 42.3 Å². The molecule has 0 spiro atoms. The van der Waals surface area contributed by atoms with E-state index >= 15 is 0 Å². The van der Waals surface area contributed by atoms with Crippen molar-refractivity contribution in [3.8, 4) is 0 Å². The Bertz CT molecular complexity index is 336. The van der Waals surface area contributed by atoms with Crippen LogP contribution in [0.2, 0.25) is 0 Å². The summed E-state index contributed by atoms with van der Waals surface area (Å²) in [6, 6.07) is 0.306. The molecule has 1 rings (SSSR count). The maximum atomic E-state index is 5.39. The van der Waals surface area contributed by atoms with Crippen LogP contribution in [0, 0.1) is 0 Å². The van der Waals surface area contributed by atoms with Crippen LogP contribution in [-0.4, -0.2) is 53.6 Å². The summed E-state index contributed by atoms with van der Waals surface area (Å²) in [7, 11) is 0. The smallest absolute Gasteiger partial charge is 0.0729 e. The van der Waals surface area contributed by atoms with Crippen molar-refractivity contribution in [3.05, 3.63) is 12.4 Å². The normalized spacial score (nSPS) is 12.9. The lowest BCUT2D eigenvalue weighted by atomic mass is 10.3. The first-order chi connectivity index (χ1) is 9.19. The zero-order valence-electron chi connectivity index (χ0n) is 12.7. The van der Waals surface area contributed by atoms with E-state index in [9.17, 15) is 0 Å². The predicted molar refractivity (Wildman–Crippen MR) is 79.6 cm³/mol. The number of anilines is 1. The molecule has 0 fully saturated rings. The minimum atomic E-state index is 0.306. The first kappa shape index (κ1) is 16.0. The van der Waals surface area contributed by atoms with Gasteiger partial charge in [-0.3, -0.25) is 4.68 Å². The van der Waals surface area contributed by atoms with Gasteiger partial charge in [-0.25, -0.2) is 0 Å². The molecule has 0 bridgehead atoms. The topological polar surface area (TPSA) is 42.3 Å². The highest BCUT2D eigenvalue weighted by molar-refractivity contribution is 5.39. The maximum Gasteiger partial charge on any atom is 0.0729 e. The zero-order valence-corrected chi connectivity index (χ0v) is 12.7. The molecule has 0 aliphatic rings. The lowest BCUT2D eigenvalue weighted by Gasteiger charge is -2.17. The zero-order chi connectivity index (χ0) is 14.1. The fraction of sp³-hybridized carbons (Fsp3) is 0.786. The quantitative estimate of drug-likeness (QED) is 0.705. The van der Waals surface area contributed by atoms with Crippen molar-refractivity contribution in [1.82, 2.24) is 14.7 Å². The second-order valence-corrected chi connectivity index (χ2v) is 4.72. The average Bonchev–Trinajstić information content (AvgIpc) is 2.85. The van der Waals surface area contributed by atoms with E-state index in [1.54, 1.807) is 0 Å². The molecule has 1 unspecified atom stereocenters. The number of hydrogen-bond donors (Lipinski definition) is 1. The number of hydrogen-bond acceptors (Lipinski definition) is 4. The van der Waals surface area contributed by atoms with Crippen molar-refractivity contribution in [3.63, 3.8) is 0 Å². The van der Waals surface area contributed by atoms with Crippen molar-refractivity contribution in [1.29, 1.82) is 0 Å². The van der Waals surface area contributed by atoms with Crippen LogP contribution in [0.5, 0.6) is 0 Å². The molecule has 5 heteroatoms. The highest BCUT2D eigenvalue weighted by Crippen LogP contribution is 2.07. The summed E-state index contributed by atoms with van der Waals surface area (Å²) >= 11 is 0. The Morgan fingerprint density at radius 3 is 2.74 bits per heavy atom. The molecule has 0 amide bonds. The molecule has 1 aromatic heterocycles. The number of likely N-dealkylation sites (N-methyl/N-ethyl adjacent to an activating group) is 1. The van der Waals surface area contributed by atoms with Crippen molar-refractivity contribution in [2.45, 2.75) is 40.3 Å². The van der Waals surface area contributed by atoms with Gasteiger partial charge in [-0.15, -0.1) is 0 Å². The van der Waals surface area contributed by atoms with Gasteiger partial charge in [0.05, 0.1) is 25.0 Å². The summed E-state index contributed by atoms with van der Waals surface area (Å²) in [4.78, 5) is 2.40. The SMILES string of the molecule is CCOCC(C)Nc1cnn(CCN(CC)CC)c1. The number of aromatic nitrogens is 2. The van der Waals surface area contributed by atoms with E-state index in [0.29, 0.717) is 6.04 Å². The Labute approximate surface area is 116 Å². The van der Waals surface area contributed by atoms with Gasteiger partial charge in [-0.2, -0.15) is 5.10 Å². The van der Waals surface area contributed by atoms with Crippen molar-refractivity contribution >= 4 is 5.69 Å². The molecule has 0 saturated carbocycles. The summed E-state index contributed by atoms with van der Waals surface area (Å²) in [5, 5.41) is 7.77. The molecule has 110 valence electrons. The fourth-order valence-electron chi connectivity index (χ4n) is 1.96. The Kier molecular flexibility index (Phi) is 7.52. The van der Waals surface area contributed by atoms with E-state index in [0.717, 1.165) is 45.1 Å². The van der Waals surface area contributed by atoms with E-state index in [4.69, 9.17) is 4.74 Å². The van der Waals surface area contributed by atoms with Crippen molar-refractivity contribution in [2.75, 3.05) is 38.2 Å². The number of ether oxygens (including phenoxy) is 1. The fourth-order valence-corrected chi connectivity index (χ4v) is 1.96. The van der Waals surface area contributed by atoms with Gasteiger partial charge in [0.15, 0.2) is 0 Å². The summed E-state index contributed by atoms with van der Waals surface area (Å²) in [5.74, 6) is 0. The Morgan fingerprint density at radius 1 is 1.37 bits per heavy atom. The molecule has 1 aromatic rings. The minimum absolute atomic E-state index is 0.306. The van der Waals surface area contributed by atoms with Crippen LogP contribution >= 0.6 is 0 Å². The summed E-state index contributed by atoms with van der Waals surface area (Å²) in [6.07, 6.45) is 3.94. The Hall–Kier alpha value is -1.07. The average molecular weight is 268 g/mol. The predicted octanol–water partition coefficient (Wildman–Crippen LogP) is 2.06. The van der Waals surface area contributed by atoms with Crippen molar-refractivity contribution < 1.29 is 4.74 Å². The third kappa shape index (κ3) is 6.07. The van der Waals surface area contributed by atoms with Crippen LogP contribution in [0.15, 0.2) is 12.4 Å². The summed E-state index contributed by atoms with van der Waals surface area (Å²) in [6.45, 7) is 14.1. The molecular weight excluding hydrogens is 240 g/mol. The van der Waals surface area contributed by atoms with Gasteiger partial charge < -0.3 is 15.0 Å². The molecular formula is C14H28N4O. The molecule has 0 aliphatic carbocycles. The first-order valence-electron chi connectivity index (χ1n) is 7.28. The Balaban J connectivity index is 2.35. The second-order valence-electron chi connectivity index (χ2n) is 4.72. The van der Waals surface area contributed by atoms with Gasteiger partial charge in [0.25, 0.3) is 0 Å². The molecule has 0 aromatic carbocycles. The van der Waals surface area contributed by atoms with Gasteiger partial charge in [-0.1, -0.05) is 13.8 Å². The second kappa shape index (κ2) is 8.93. The van der Waals surface area contributed by atoms with Crippen molar-refractivity contribution in [2.24, 2.45) is 0 Å². The molecule has 5 nitrogen and oxygen atoms in total. The number of nitrogens with one attached hydrogen (secondary N) is 1. The maximum absolute atomic E-state index is 5.39. The van der Waals surface area contributed by atoms with E-state index in [1.165, 1.54) is 0 Å². The lowest BCUT2D eigenvalue weighted by molar-refractivity contribution is 0.141. The molecule has 19 heavy (non-hydrogen) atoms. The minimum Gasteiger partial charge on any atom is -0.380 e. The van der Waals surface area contributed by atoms with Crippen LogP contribution < -0.4 is 5.32 Å². The molecule has 0 saturated heterocycles. The summed E-state index contributed by atoms with van der Waals surface area (Å²) in [5.41, 5.74) is 1.06. The van der Waals surface area contributed by atoms with Crippen LogP contribution in [0.25, 0.3) is 0 Å². The standard InChI is InChI=1S/C14H28N4O/c1-5-17(6-2)8-9-18-11-14(10-15-18)16-13(4)12-19-7-3/h10-11,13,16H,5-9,12H2,1-4H3. The highest BCUT2D eigenvalue weighted by atomic mass is 16.5. The molecule has 1 heterocycles. The third-order valence-electron chi connectivity index (χ3n) is 3.16. The van der Waals surface area contributed by atoms with Gasteiger partial charge in [0, 0.05) is 25.4 Å². The van der Waals surface area contributed by atoms with Gasteiger partial charge >= 0.3 is 0 Å². The highest BCUT2D eigenvalue weighted by Gasteiger charge is 2.05. The lowest BCUT2D eigenvalue weighted by Crippen LogP contribution is -2.27. The molecule has 0 aliphatic heterocycles. The number of nitrogens with zero attached hydrogens (tertiary/aromatic N) is 3.